The van der Waals surface area contributed by atoms with Gasteiger partial charge in [-0.1, -0.05) is 11.6 Å². The molecule has 3 aliphatic rings. The van der Waals surface area contributed by atoms with Gasteiger partial charge in [0.1, 0.15) is 22.6 Å². The zero-order valence-corrected chi connectivity index (χ0v) is 23.2. The molecule has 1 aromatic carbocycles. The van der Waals surface area contributed by atoms with E-state index in [9.17, 15) is 13.2 Å². The van der Waals surface area contributed by atoms with Crippen molar-refractivity contribution in [1.82, 2.24) is 14.8 Å². The lowest BCUT2D eigenvalue weighted by molar-refractivity contribution is -0.0163. The van der Waals surface area contributed by atoms with Crippen LogP contribution in [0.4, 0.5) is 0 Å². The number of hydrogen-bond acceptors (Lipinski definition) is 8. The van der Waals surface area contributed by atoms with Gasteiger partial charge < -0.3 is 13.9 Å². The molecule has 3 fully saturated rings. The molecule has 1 aliphatic carbocycles. The highest BCUT2D eigenvalue weighted by molar-refractivity contribution is 7.89. The minimum Gasteiger partial charge on any atom is -0.483 e. The molecule has 2 N–H and O–H groups in total. The van der Waals surface area contributed by atoms with Crippen molar-refractivity contribution in [2.24, 2.45) is 11.1 Å². The standard InChI is InChI=1S/C27H27ClN4O6S/c1-14-6-19(16(3)37-21-4-5-22(28)31-26(21)39(29,34)35)25-20(7-14)23(33)15(2)24(38-25)18-10-30-32(11-18)13-27-8-17(9-27)12-36-27/h4-7,10-11,16-17H,8-9,12-13H2,1-3H3,(H2,29,34,35). The highest BCUT2D eigenvalue weighted by Crippen LogP contribution is 2.49. The van der Waals surface area contributed by atoms with Crippen LogP contribution in [0.2, 0.25) is 5.15 Å². The molecule has 0 radical (unpaired) electrons. The Bertz CT molecular complexity index is 1790. The zero-order chi connectivity index (χ0) is 27.7. The Morgan fingerprint density at radius 3 is 2.74 bits per heavy atom. The Morgan fingerprint density at radius 2 is 2.05 bits per heavy atom. The van der Waals surface area contributed by atoms with Crippen LogP contribution in [-0.2, 0) is 21.3 Å². The number of benzene rings is 1. The molecule has 2 bridgehead atoms. The molecule has 0 spiro atoms. The number of ether oxygens (including phenoxy) is 2. The number of aryl methyl sites for hydroxylation is 1. The van der Waals surface area contributed by atoms with Gasteiger partial charge in [0.15, 0.2) is 11.2 Å². The third-order valence-corrected chi connectivity index (χ3v) is 8.53. The van der Waals surface area contributed by atoms with E-state index < -0.39 is 21.2 Å². The Labute approximate surface area is 229 Å². The molecular formula is C27H27ClN4O6S. The van der Waals surface area contributed by atoms with Crippen LogP contribution in [0.15, 0.2) is 50.9 Å². The van der Waals surface area contributed by atoms with Crippen LogP contribution in [0, 0.1) is 19.8 Å². The lowest BCUT2D eigenvalue weighted by Crippen LogP contribution is -2.40. The molecule has 39 heavy (non-hydrogen) atoms. The molecule has 0 amide bonds. The van der Waals surface area contributed by atoms with Crippen LogP contribution in [0.3, 0.4) is 0 Å². The molecule has 2 aliphatic heterocycles. The number of fused-ring (bicyclic) bond motifs is 2. The summed E-state index contributed by atoms with van der Waals surface area (Å²) >= 11 is 5.89. The fourth-order valence-corrected chi connectivity index (χ4v) is 6.48. The molecule has 1 atom stereocenters. The number of nitrogens with two attached hydrogens (primary N) is 1. The second kappa shape index (κ2) is 9.16. The van der Waals surface area contributed by atoms with E-state index in [4.69, 9.17) is 30.6 Å². The predicted octanol–water partition coefficient (Wildman–Crippen LogP) is 4.29. The normalized spacial score (nSPS) is 21.2. The van der Waals surface area contributed by atoms with Crippen LogP contribution in [0.1, 0.15) is 42.6 Å². The average molecular weight is 571 g/mol. The van der Waals surface area contributed by atoms with Crippen LogP contribution < -0.4 is 15.3 Å². The maximum Gasteiger partial charge on any atom is 0.259 e. The monoisotopic (exact) mass is 570 g/mol. The van der Waals surface area contributed by atoms with E-state index in [0.717, 1.165) is 25.0 Å². The molecule has 4 aromatic rings. The van der Waals surface area contributed by atoms with Gasteiger partial charge in [-0.2, -0.15) is 5.10 Å². The van der Waals surface area contributed by atoms with E-state index >= 15 is 0 Å². The SMILES string of the molecule is Cc1cc(C(C)Oc2ccc(Cl)nc2S(N)(=O)=O)c2oc(-c3cnn(CC45CC(CO4)C5)c3)c(C)c(=O)c2c1. The van der Waals surface area contributed by atoms with E-state index in [-0.39, 0.29) is 21.9 Å². The van der Waals surface area contributed by atoms with Crippen molar-refractivity contribution in [2.45, 2.75) is 56.9 Å². The molecule has 2 saturated heterocycles. The Hall–Kier alpha value is -3.25. The zero-order valence-electron chi connectivity index (χ0n) is 21.6. The van der Waals surface area contributed by atoms with Gasteiger partial charge >= 0.3 is 0 Å². The minimum atomic E-state index is -4.21. The molecule has 204 valence electrons. The molecule has 1 saturated carbocycles. The molecule has 3 aromatic heterocycles. The second-order valence-electron chi connectivity index (χ2n) is 10.6. The summed E-state index contributed by atoms with van der Waals surface area (Å²) in [6.07, 6.45) is 4.91. The average Bonchev–Trinajstić information content (AvgIpc) is 3.58. The lowest BCUT2D eigenvalue weighted by atomic mass is 9.74. The van der Waals surface area contributed by atoms with Gasteiger partial charge in [0.05, 0.1) is 35.9 Å². The Kier molecular flexibility index (Phi) is 6.10. The maximum atomic E-state index is 13.5. The number of rotatable bonds is 7. The van der Waals surface area contributed by atoms with Crippen molar-refractivity contribution < 1.29 is 22.3 Å². The van der Waals surface area contributed by atoms with E-state index in [1.165, 1.54) is 12.1 Å². The van der Waals surface area contributed by atoms with Gasteiger partial charge in [0.25, 0.3) is 10.0 Å². The van der Waals surface area contributed by atoms with Gasteiger partial charge in [0.2, 0.25) is 5.03 Å². The molecule has 10 nitrogen and oxygen atoms in total. The first-order valence-electron chi connectivity index (χ1n) is 12.5. The van der Waals surface area contributed by atoms with Gasteiger partial charge in [-0.05, 0) is 69.4 Å². The Balaban J connectivity index is 1.40. The third kappa shape index (κ3) is 4.63. The quantitative estimate of drug-likeness (QED) is 0.325. The van der Waals surface area contributed by atoms with Crippen LogP contribution in [-0.4, -0.2) is 35.4 Å². The molecule has 7 rings (SSSR count). The third-order valence-electron chi connectivity index (χ3n) is 7.49. The first-order valence-corrected chi connectivity index (χ1v) is 14.5. The first kappa shape index (κ1) is 26.0. The van der Waals surface area contributed by atoms with Crippen molar-refractivity contribution in [3.63, 3.8) is 0 Å². The van der Waals surface area contributed by atoms with Crippen molar-refractivity contribution >= 4 is 32.6 Å². The first-order chi connectivity index (χ1) is 18.4. The number of nitrogens with zero attached hydrogens (tertiary/aromatic N) is 3. The summed E-state index contributed by atoms with van der Waals surface area (Å²) < 4.78 is 44.4. The molecule has 1 unspecified atom stereocenters. The number of primary sulfonamides is 1. The van der Waals surface area contributed by atoms with E-state index in [2.05, 4.69) is 10.1 Å². The molecule has 12 heteroatoms. The molecule has 5 heterocycles. The summed E-state index contributed by atoms with van der Waals surface area (Å²) in [4.78, 5) is 17.3. The highest BCUT2D eigenvalue weighted by Gasteiger charge is 2.52. The van der Waals surface area contributed by atoms with Crippen molar-refractivity contribution in [3.8, 4) is 17.1 Å². The number of halogens is 1. The summed E-state index contributed by atoms with van der Waals surface area (Å²) in [6, 6.07) is 6.40. The van der Waals surface area contributed by atoms with Gasteiger partial charge in [-0.3, -0.25) is 9.48 Å². The largest absolute Gasteiger partial charge is 0.483 e. The van der Waals surface area contributed by atoms with Crippen molar-refractivity contribution in [2.75, 3.05) is 6.61 Å². The maximum absolute atomic E-state index is 13.5. The van der Waals surface area contributed by atoms with E-state index in [1.54, 1.807) is 26.1 Å². The summed E-state index contributed by atoms with van der Waals surface area (Å²) in [7, 11) is -4.21. The number of pyridine rings is 1. The van der Waals surface area contributed by atoms with Crippen LogP contribution >= 0.6 is 11.6 Å². The predicted molar refractivity (Wildman–Crippen MR) is 144 cm³/mol. The highest BCUT2D eigenvalue weighted by atomic mass is 35.5. The minimum absolute atomic E-state index is 0.0390. The summed E-state index contributed by atoms with van der Waals surface area (Å²) in [5.41, 5.74) is 2.54. The summed E-state index contributed by atoms with van der Waals surface area (Å²) in [5.74, 6) is 0.995. The van der Waals surface area contributed by atoms with Crippen LogP contribution in [0.25, 0.3) is 22.3 Å². The van der Waals surface area contributed by atoms with Gasteiger partial charge in [-0.15, -0.1) is 0 Å². The fraction of sp³-hybridized carbons (Fsp3) is 0.370. The number of hydrogen-bond donors (Lipinski definition) is 1. The second-order valence-corrected chi connectivity index (χ2v) is 12.4. The van der Waals surface area contributed by atoms with Crippen LogP contribution in [0.5, 0.6) is 5.75 Å². The summed E-state index contributed by atoms with van der Waals surface area (Å²) in [6.45, 7) is 6.77. The topological polar surface area (TPSA) is 140 Å². The Morgan fingerprint density at radius 1 is 1.28 bits per heavy atom. The van der Waals surface area contributed by atoms with Gasteiger partial charge in [-0.25, -0.2) is 18.5 Å². The number of sulfonamides is 1. The lowest BCUT2D eigenvalue weighted by Gasteiger charge is -2.35. The molecular weight excluding hydrogens is 544 g/mol. The van der Waals surface area contributed by atoms with Crippen molar-refractivity contribution in [3.05, 3.63) is 68.7 Å². The number of aromatic nitrogens is 3. The smallest absolute Gasteiger partial charge is 0.259 e. The fourth-order valence-electron chi connectivity index (χ4n) is 5.66. The summed E-state index contributed by atoms with van der Waals surface area (Å²) in [5, 5.41) is 9.72. The van der Waals surface area contributed by atoms with Gasteiger partial charge in [0, 0.05) is 17.3 Å². The van der Waals surface area contributed by atoms with E-state index in [1.807, 2.05) is 23.9 Å². The van der Waals surface area contributed by atoms with E-state index in [0.29, 0.717) is 45.9 Å². The van der Waals surface area contributed by atoms with Crippen molar-refractivity contribution in [1.29, 1.82) is 0 Å².